The molecule has 1 amide bonds. The van der Waals surface area contributed by atoms with Crippen molar-refractivity contribution in [3.8, 4) is 0 Å². The maximum absolute atomic E-state index is 12.2. The SMILES string of the molecule is Cc1oc(C)c(S(=O)(=O)NCCCCC(N)=O)c1C(=O)O. The quantitative estimate of drug-likeness (QED) is 0.597. The van der Waals surface area contributed by atoms with E-state index in [0.717, 1.165) is 0 Å². The lowest BCUT2D eigenvalue weighted by atomic mass is 10.2. The molecule has 0 aromatic carbocycles. The monoisotopic (exact) mass is 318 g/mol. The average molecular weight is 318 g/mol. The number of aryl methyl sites for hydroxylation is 2. The van der Waals surface area contributed by atoms with Gasteiger partial charge in [0.05, 0.1) is 0 Å². The van der Waals surface area contributed by atoms with Crippen LogP contribution in [0, 0.1) is 13.8 Å². The summed E-state index contributed by atoms with van der Waals surface area (Å²) in [5.74, 6) is -1.76. The van der Waals surface area contributed by atoms with Crippen LogP contribution in [0.25, 0.3) is 0 Å². The van der Waals surface area contributed by atoms with Crippen molar-refractivity contribution in [2.45, 2.75) is 38.0 Å². The third kappa shape index (κ3) is 4.30. The van der Waals surface area contributed by atoms with E-state index in [1.165, 1.54) is 13.8 Å². The Labute approximate surface area is 122 Å². The number of carboxylic acids is 1. The Morgan fingerprint density at radius 3 is 2.38 bits per heavy atom. The number of carbonyl (C=O) groups is 2. The number of unbranched alkanes of at least 4 members (excludes halogenated alkanes) is 1. The number of furan rings is 1. The second-order valence-corrected chi connectivity index (χ2v) is 6.25. The summed E-state index contributed by atoms with van der Waals surface area (Å²) in [6, 6.07) is 0. The van der Waals surface area contributed by atoms with E-state index in [1.807, 2.05) is 0 Å². The molecule has 0 fully saturated rings. The highest BCUT2D eigenvalue weighted by molar-refractivity contribution is 7.89. The molecule has 0 radical (unpaired) electrons. The molecule has 1 aromatic heterocycles. The zero-order valence-electron chi connectivity index (χ0n) is 11.8. The zero-order valence-corrected chi connectivity index (χ0v) is 12.6. The van der Waals surface area contributed by atoms with Gasteiger partial charge in [-0.1, -0.05) is 0 Å². The van der Waals surface area contributed by atoms with Gasteiger partial charge in [0.1, 0.15) is 22.0 Å². The number of amides is 1. The summed E-state index contributed by atoms with van der Waals surface area (Å²) in [6.45, 7) is 2.86. The molecule has 0 aliphatic carbocycles. The lowest BCUT2D eigenvalue weighted by Crippen LogP contribution is -2.27. The van der Waals surface area contributed by atoms with Crippen molar-refractivity contribution in [3.63, 3.8) is 0 Å². The summed E-state index contributed by atoms with van der Waals surface area (Å²) >= 11 is 0. The minimum atomic E-state index is -3.99. The maximum atomic E-state index is 12.2. The molecule has 4 N–H and O–H groups in total. The van der Waals surface area contributed by atoms with Crippen LogP contribution in [0.15, 0.2) is 9.31 Å². The highest BCUT2D eigenvalue weighted by atomic mass is 32.2. The molecule has 0 atom stereocenters. The fraction of sp³-hybridized carbons (Fsp3) is 0.500. The summed E-state index contributed by atoms with van der Waals surface area (Å²) in [4.78, 5) is 21.3. The minimum absolute atomic E-state index is 0.0227. The predicted molar refractivity (Wildman–Crippen MR) is 73.4 cm³/mol. The van der Waals surface area contributed by atoms with E-state index in [2.05, 4.69) is 4.72 Å². The van der Waals surface area contributed by atoms with Gasteiger partial charge in [-0.3, -0.25) is 4.79 Å². The van der Waals surface area contributed by atoms with Gasteiger partial charge in [-0.15, -0.1) is 0 Å². The summed E-state index contributed by atoms with van der Waals surface area (Å²) in [5.41, 5.74) is 4.61. The van der Waals surface area contributed by atoms with Gasteiger partial charge in [-0.25, -0.2) is 17.9 Å². The van der Waals surface area contributed by atoms with Crippen LogP contribution in [0.2, 0.25) is 0 Å². The molecule has 0 saturated heterocycles. The zero-order chi connectivity index (χ0) is 16.2. The molecule has 1 rings (SSSR count). The van der Waals surface area contributed by atoms with Gasteiger partial charge in [0.15, 0.2) is 0 Å². The van der Waals surface area contributed by atoms with Crippen LogP contribution in [0.4, 0.5) is 0 Å². The molecule has 0 aliphatic rings. The molecule has 0 unspecified atom stereocenters. The van der Waals surface area contributed by atoms with Gasteiger partial charge in [0.25, 0.3) is 0 Å². The molecule has 0 aliphatic heterocycles. The molecule has 0 bridgehead atoms. The molecule has 1 heterocycles. The van der Waals surface area contributed by atoms with Crippen molar-refractivity contribution < 1.29 is 27.5 Å². The van der Waals surface area contributed by atoms with E-state index < -0.39 is 21.9 Å². The predicted octanol–water partition coefficient (Wildman–Crippen LogP) is 0.529. The summed E-state index contributed by atoms with van der Waals surface area (Å²) in [7, 11) is -3.99. The van der Waals surface area contributed by atoms with E-state index in [4.69, 9.17) is 15.3 Å². The first-order valence-electron chi connectivity index (χ1n) is 6.28. The number of hydrogen-bond acceptors (Lipinski definition) is 5. The topological polar surface area (TPSA) is 140 Å². The molecule has 118 valence electrons. The van der Waals surface area contributed by atoms with E-state index >= 15 is 0 Å². The highest BCUT2D eigenvalue weighted by Crippen LogP contribution is 2.26. The van der Waals surface area contributed by atoms with Crippen LogP contribution in [0.5, 0.6) is 0 Å². The van der Waals surface area contributed by atoms with Gasteiger partial charge < -0.3 is 15.3 Å². The first kappa shape index (κ1) is 17.2. The van der Waals surface area contributed by atoms with Crippen LogP contribution in [-0.4, -0.2) is 31.9 Å². The Bertz CT molecular complexity index is 647. The second kappa shape index (κ2) is 6.72. The normalized spacial score (nSPS) is 11.5. The van der Waals surface area contributed by atoms with Gasteiger partial charge >= 0.3 is 5.97 Å². The second-order valence-electron chi connectivity index (χ2n) is 4.54. The van der Waals surface area contributed by atoms with Gasteiger partial charge in [-0.05, 0) is 26.7 Å². The Morgan fingerprint density at radius 2 is 1.86 bits per heavy atom. The number of primary amides is 1. The largest absolute Gasteiger partial charge is 0.478 e. The van der Waals surface area contributed by atoms with Gasteiger partial charge in [-0.2, -0.15) is 0 Å². The Hall–Kier alpha value is -1.87. The fourth-order valence-electron chi connectivity index (χ4n) is 1.94. The van der Waals surface area contributed by atoms with Crippen molar-refractivity contribution >= 4 is 21.9 Å². The number of carboxylic acid groups (broad SMARTS) is 1. The molecule has 1 aromatic rings. The Kier molecular flexibility index (Phi) is 5.50. The van der Waals surface area contributed by atoms with E-state index in [9.17, 15) is 18.0 Å². The average Bonchev–Trinajstić information content (AvgIpc) is 2.63. The van der Waals surface area contributed by atoms with E-state index in [0.29, 0.717) is 12.8 Å². The number of nitrogens with one attached hydrogen (secondary N) is 1. The van der Waals surface area contributed by atoms with Crippen molar-refractivity contribution in [3.05, 3.63) is 17.1 Å². The first-order valence-corrected chi connectivity index (χ1v) is 7.76. The Balaban J connectivity index is 2.84. The van der Waals surface area contributed by atoms with Crippen LogP contribution in [-0.2, 0) is 14.8 Å². The van der Waals surface area contributed by atoms with Crippen LogP contribution >= 0.6 is 0 Å². The molecule has 9 heteroatoms. The fourth-order valence-corrected chi connectivity index (χ4v) is 3.41. The van der Waals surface area contributed by atoms with Gasteiger partial charge in [0.2, 0.25) is 15.9 Å². The number of carbonyl (C=O) groups excluding carboxylic acids is 1. The molecular weight excluding hydrogens is 300 g/mol. The molecular formula is C12H18N2O6S. The number of sulfonamides is 1. The third-order valence-corrected chi connectivity index (χ3v) is 4.44. The maximum Gasteiger partial charge on any atom is 0.340 e. The smallest absolute Gasteiger partial charge is 0.340 e. The number of rotatable bonds is 8. The van der Waals surface area contributed by atoms with Crippen molar-refractivity contribution in [2.24, 2.45) is 5.73 Å². The number of aromatic carboxylic acids is 1. The van der Waals surface area contributed by atoms with Crippen molar-refractivity contribution in [1.82, 2.24) is 4.72 Å². The van der Waals surface area contributed by atoms with E-state index in [1.54, 1.807) is 0 Å². The molecule has 0 saturated carbocycles. The third-order valence-electron chi connectivity index (χ3n) is 2.83. The van der Waals surface area contributed by atoms with Crippen LogP contribution < -0.4 is 10.5 Å². The lowest BCUT2D eigenvalue weighted by molar-refractivity contribution is -0.118. The van der Waals surface area contributed by atoms with Crippen LogP contribution in [0.1, 0.15) is 41.1 Å². The van der Waals surface area contributed by atoms with Crippen LogP contribution in [0.3, 0.4) is 0 Å². The van der Waals surface area contributed by atoms with Crippen molar-refractivity contribution in [2.75, 3.05) is 6.54 Å². The summed E-state index contributed by atoms with van der Waals surface area (Å²) in [6.07, 6.45) is 1.04. The van der Waals surface area contributed by atoms with E-state index in [-0.39, 0.29) is 34.9 Å². The molecule has 0 spiro atoms. The first-order chi connectivity index (χ1) is 9.66. The number of nitrogens with two attached hydrogens (primary N) is 1. The van der Waals surface area contributed by atoms with Crippen molar-refractivity contribution in [1.29, 1.82) is 0 Å². The highest BCUT2D eigenvalue weighted by Gasteiger charge is 2.30. The number of hydrogen-bond donors (Lipinski definition) is 3. The summed E-state index contributed by atoms with van der Waals surface area (Å²) < 4.78 is 31.7. The molecule has 8 nitrogen and oxygen atoms in total. The molecule has 21 heavy (non-hydrogen) atoms. The minimum Gasteiger partial charge on any atom is -0.478 e. The standard InChI is InChI=1S/C12H18N2O6S/c1-7-10(12(16)17)11(8(2)20-7)21(18,19)14-6-4-3-5-9(13)15/h14H,3-6H2,1-2H3,(H2,13,15)(H,16,17). The Morgan fingerprint density at radius 1 is 1.24 bits per heavy atom. The lowest BCUT2D eigenvalue weighted by Gasteiger charge is -2.06. The summed E-state index contributed by atoms with van der Waals surface area (Å²) in [5, 5.41) is 9.09. The van der Waals surface area contributed by atoms with Gasteiger partial charge in [0, 0.05) is 13.0 Å².